The quantitative estimate of drug-likeness (QED) is 0.799. The minimum Gasteiger partial charge on any atom is -0.497 e. The molecule has 0 amide bonds. The highest BCUT2D eigenvalue weighted by atomic mass is 32.2. The average Bonchev–Trinajstić information content (AvgIpc) is 3.02. The molecule has 0 N–H and O–H groups in total. The van der Waals surface area contributed by atoms with Gasteiger partial charge in [-0.25, -0.2) is 17.7 Å². The predicted octanol–water partition coefficient (Wildman–Crippen LogP) is 1.92. The largest absolute Gasteiger partial charge is 0.497 e. The first kappa shape index (κ1) is 17.0. The summed E-state index contributed by atoms with van der Waals surface area (Å²) in [4.78, 5) is 4.31. The number of hydrogen-bond acceptors (Lipinski definition) is 4. The lowest BCUT2D eigenvalue weighted by Gasteiger charge is -2.27. The molecule has 1 aromatic carbocycles. The first-order valence-electron chi connectivity index (χ1n) is 8.05. The number of rotatable bonds is 6. The average molecular weight is 349 g/mol. The van der Waals surface area contributed by atoms with Crippen molar-refractivity contribution in [2.24, 2.45) is 5.92 Å². The molecule has 1 aliphatic rings. The summed E-state index contributed by atoms with van der Waals surface area (Å²) >= 11 is 0. The van der Waals surface area contributed by atoms with Crippen LogP contribution in [-0.4, -0.2) is 43.0 Å². The van der Waals surface area contributed by atoms with Crippen LogP contribution in [0.1, 0.15) is 17.8 Å². The number of imidazole rings is 1. The maximum Gasteiger partial charge on any atom is 0.218 e. The molecule has 130 valence electrons. The third kappa shape index (κ3) is 3.79. The number of benzene rings is 1. The van der Waals surface area contributed by atoms with E-state index in [2.05, 4.69) is 9.55 Å². The number of sulfonamides is 1. The van der Waals surface area contributed by atoms with E-state index in [1.165, 1.54) is 4.31 Å². The van der Waals surface area contributed by atoms with Crippen LogP contribution in [0.25, 0.3) is 0 Å². The van der Waals surface area contributed by atoms with Crippen LogP contribution in [0.5, 0.6) is 5.75 Å². The molecule has 0 spiro atoms. The van der Waals surface area contributed by atoms with E-state index in [-0.39, 0.29) is 5.75 Å². The van der Waals surface area contributed by atoms with Crippen LogP contribution in [0.2, 0.25) is 0 Å². The number of hydrogen-bond donors (Lipinski definition) is 0. The monoisotopic (exact) mass is 349 g/mol. The standard InChI is InChI=1S/C17H23N3O3S/c1-19(11-15-6-7-17-18-8-9-20(17)12-15)24(21,22)13-14-4-3-5-16(10-14)23-2/h3-5,8-10,15H,6-7,11-13H2,1-2H3/t15-/m1/s1. The van der Waals surface area contributed by atoms with Gasteiger partial charge in [-0.05, 0) is 30.0 Å². The summed E-state index contributed by atoms with van der Waals surface area (Å²) in [6.45, 7) is 1.36. The zero-order valence-corrected chi connectivity index (χ0v) is 14.9. The van der Waals surface area contributed by atoms with E-state index in [1.54, 1.807) is 26.4 Å². The SMILES string of the molecule is COc1cccc(CS(=O)(=O)N(C)C[C@H]2CCc3nccn3C2)c1. The topological polar surface area (TPSA) is 64.4 Å². The molecule has 24 heavy (non-hydrogen) atoms. The van der Waals surface area contributed by atoms with Crippen LogP contribution in [0.15, 0.2) is 36.7 Å². The van der Waals surface area contributed by atoms with Gasteiger partial charge < -0.3 is 9.30 Å². The van der Waals surface area contributed by atoms with E-state index in [0.29, 0.717) is 18.2 Å². The molecule has 2 heterocycles. The maximum absolute atomic E-state index is 12.6. The summed E-state index contributed by atoms with van der Waals surface area (Å²) in [6, 6.07) is 7.20. The fourth-order valence-corrected chi connectivity index (χ4v) is 4.41. The number of nitrogens with zero attached hydrogens (tertiary/aromatic N) is 3. The van der Waals surface area contributed by atoms with E-state index in [9.17, 15) is 8.42 Å². The van der Waals surface area contributed by atoms with Crippen molar-refractivity contribution in [1.29, 1.82) is 0 Å². The van der Waals surface area contributed by atoms with Crippen LogP contribution in [-0.2, 0) is 28.7 Å². The van der Waals surface area contributed by atoms with Crippen molar-refractivity contribution in [2.45, 2.75) is 25.1 Å². The number of aromatic nitrogens is 2. The van der Waals surface area contributed by atoms with Crippen LogP contribution in [0.4, 0.5) is 0 Å². The fraction of sp³-hybridized carbons (Fsp3) is 0.471. The molecular formula is C17H23N3O3S. The zero-order chi connectivity index (χ0) is 17.2. The van der Waals surface area contributed by atoms with Crippen molar-refractivity contribution in [1.82, 2.24) is 13.9 Å². The van der Waals surface area contributed by atoms with Crippen LogP contribution >= 0.6 is 0 Å². The molecule has 1 atom stereocenters. The molecule has 0 saturated heterocycles. The van der Waals surface area contributed by atoms with Gasteiger partial charge in [0.1, 0.15) is 11.6 Å². The molecular weight excluding hydrogens is 326 g/mol. The van der Waals surface area contributed by atoms with Gasteiger partial charge in [0.05, 0.1) is 12.9 Å². The van der Waals surface area contributed by atoms with Gasteiger partial charge in [-0.2, -0.15) is 0 Å². The summed E-state index contributed by atoms with van der Waals surface area (Å²) in [5.41, 5.74) is 0.738. The Kier molecular flexibility index (Phi) is 4.91. The Labute approximate surface area is 143 Å². The van der Waals surface area contributed by atoms with Crippen molar-refractivity contribution in [3.8, 4) is 5.75 Å². The molecule has 3 rings (SSSR count). The van der Waals surface area contributed by atoms with Gasteiger partial charge in [-0.1, -0.05) is 12.1 Å². The Morgan fingerprint density at radius 1 is 1.42 bits per heavy atom. The summed E-state index contributed by atoms with van der Waals surface area (Å²) in [5.74, 6) is 2.07. The van der Waals surface area contributed by atoms with E-state index >= 15 is 0 Å². The smallest absolute Gasteiger partial charge is 0.218 e. The zero-order valence-electron chi connectivity index (χ0n) is 14.1. The molecule has 7 heteroatoms. The normalized spacial score (nSPS) is 17.7. The summed E-state index contributed by atoms with van der Waals surface area (Å²) in [6.07, 6.45) is 5.64. The summed E-state index contributed by atoms with van der Waals surface area (Å²) in [5, 5.41) is 0. The third-order valence-corrected chi connectivity index (χ3v) is 6.30. The highest BCUT2D eigenvalue weighted by Crippen LogP contribution is 2.22. The van der Waals surface area contributed by atoms with E-state index < -0.39 is 10.0 Å². The van der Waals surface area contributed by atoms with Gasteiger partial charge in [-0.15, -0.1) is 0 Å². The number of ether oxygens (including phenoxy) is 1. The summed E-state index contributed by atoms with van der Waals surface area (Å²) in [7, 11) is -0.107. The van der Waals surface area contributed by atoms with Gasteiger partial charge in [0.25, 0.3) is 0 Å². The van der Waals surface area contributed by atoms with Crippen molar-refractivity contribution in [3.05, 3.63) is 48.0 Å². The van der Waals surface area contributed by atoms with Gasteiger partial charge >= 0.3 is 0 Å². The Bertz CT molecular complexity index is 801. The van der Waals surface area contributed by atoms with E-state index in [4.69, 9.17) is 4.74 Å². The molecule has 0 bridgehead atoms. The molecule has 2 aromatic rings. The number of fused-ring (bicyclic) bond motifs is 1. The third-order valence-electron chi connectivity index (χ3n) is 4.51. The van der Waals surface area contributed by atoms with E-state index in [0.717, 1.165) is 30.8 Å². The Balaban J connectivity index is 1.64. The summed E-state index contributed by atoms with van der Waals surface area (Å²) < 4.78 is 34.0. The highest BCUT2D eigenvalue weighted by Gasteiger charge is 2.25. The molecule has 0 fully saturated rings. The minimum absolute atomic E-state index is 0.0102. The van der Waals surface area contributed by atoms with Crippen molar-refractivity contribution >= 4 is 10.0 Å². The van der Waals surface area contributed by atoms with Gasteiger partial charge in [0, 0.05) is 39.0 Å². The Hall–Kier alpha value is -1.86. The lowest BCUT2D eigenvalue weighted by atomic mass is 10.00. The molecule has 1 aliphatic heterocycles. The van der Waals surface area contributed by atoms with Crippen LogP contribution in [0.3, 0.4) is 0 Å². The second-order valence-corrected chi connectivity index (χ2v) is 8.36. The lowest BCUT2D eigenvalue weighted by Crippen LogP contribution is -2.36. The second-order valence-electron chi connectivity index (χ2n) is 6.29. The molecule has 0 saturated carbocycles. The number of methoxy groups -OCH3 is 1. The van der Waals surface area contributed by atoms with Crippen LogP contribution in [0, 0.1) is 5.92 Å². The Morgan fingerprint density at radius 2 is 2.25 bits per heavy atom. The highest BCUT2D eigenvalue weighted by molar-refractivity contribution is 7.88. The molecule has 0 unspecified atom stereocenters. The lowest BCUT2D eigenvalue weighted by molar-refractivity contribution is 0.303. The maximum atomic E-state index is 12.6. The first-order chi connectivity index (χ1) is 11.5. The van der Waals surface area contributed by atoms with Crippen molar-refractivity contribution in [2.75, 3.05) is 20.7 Å². The molecule has 0 aliphatic carbocycles. The fourth-order valence-electron chi connectivity index (χ4n) is 3.15. The predicted molar refractivity (Wildman–Crippen MR) is 92.3 cm³/mol. The first-order valence-corrected chi connectivity index (χ1v) is 9.66. The van der Waals surface area contributed by atoms with Crippen molar-refractivity contribution in [3.63, 3.8) is 0 Å². The second kappa shape index (κ2) is 6.94. The molecule has 1 aromatic heterocycles. The van der Waals surface area contributed by atoms with Crippen LogP contribution < -0.4 is 4.74 Å². The van der Waals surface area contributed by atoms with Gasteiger partial charge in [-0.3, -0.25) is 0 Å². The Morgan fingerprint density at radius 3 is 3.04 bits per heavy atom. The van der Waals surface area contributed by atoms with E-state index in [1.807, 2.05) is 24.4 Å². The molecule has 6 nitrogen and oxygen atoms in total. The van der Waals surface area contributed by atoms with Gasteiger partial charge in [0.2, 0.25) is 10.0 Å². The van der Waals surface area contributed by atoms with Gasteiger partial charge in [0.15, 0.2) is 0 Å². The minimum atomic E-state index is -3.35. The number of aryl methyl sites for hydroxylation is 1. The van der Waals surface area contributed by atoms with Crippen molar-refractivity contribution < 1.29 is 13.2 Å². The molecule has 0 radical (unpaired) electrons.